The number of benzene rings is 3. The van der Waals surface area contributed by atoms with Crippen LogP contribution in [0.15, 0.2) is 78.9 Å². The van der Waals surface area contributed by atoms with E-state index in [2.05, 4.69) is 35.0 Å². The number of pyridine rings is 1. The van der Waals surface area contributed by atoms with Crippen LogP contribution in [0.4, 0.5) is 0 Å². The Balaban J connectivity index is 1.56. The molecule has 0 spiro atoms. The lowest BCUT2D eigenvalue weighted by molar-refractivity contribution is -0.136. The third-order valence-electron chi connectivity index (χ3n) is 6.23. The molecule has 4 aromatic rings. The maximum absolute atomic E-state index is 11.2. The summed E-state index contributed by atoms with van der Waals surface area (Å²) in [5, 5.41) is 21.5. The van der Waals surface area contributed by atoms with E-state index in [1.165, 1.54) is 0 Å². The largest absolute Gasteiger partial charge is 0.481 e. The topological polar surface area (TPSA) is 70.4 Å². The van der Waals surface area contributed by atoms with Crippen molar-refractivity contribution in [2.24, 2.45) is 0 Å². The molecule has 1 aromatic heterocycles. The molecule has 6 heteroatoms. The van der Waals surface area contributed by atoms with Crippen molar-refractivity contribution in [3.05, 3.63) is 112 Å². The molecule has 0 fully saturated rings. The molecule has 0 bridgehead atoms. The Kier molecular flexibility index (Phi) is 9.12. The first-order valence-electron chi connectivity index (χ1n) is 12.5. The van der Waals surface area contributed by atoms with E-state index >= 15 is 0 Å². The normalized spacial score (nSPS) is 12.1. The van der Waals surface area contributed by atoms with Gasteiger partial charge in [-0.25, -0.2) is 4.98 Å². The second-order valence-corrected chi connectivity index (χ2v) is 11.4. The van der Waals surface area contributed by atoms with Crippen molar-refractivity contribution in [3.63, 3.8) is 0 Å². The summed E-state index contributed by atoms with van der Waals surface area (Å²) < 4.78 is 0. The van der Waals surface area contributed by atoms with Crippen molar-refractivity contribution in [2.45, 2.75) is 44.0 Å². The van der Waals surface area contributed by atoms with Crippen molar-refractivity contribution < 1.29 is 15.0 Å². The molecule has 0 aliphatic heterocycles. The average molecular weight is 544 g/mol. The molecule has 1 heterocycles. The first-order valence-corrected chi connectivity index (χ1v) is 13.9. The van der Waals surface area contributed by atoms with Crippen LogP contribution in [0.3, 0.4) is 0 Å². The fourth-order valence-corrected chi connectivity index (χ4v) is 5.74. The first-order chi connectivity index (χ1) is 18.2. The Morgan fingerprint density at radius 1 is 1.03 bits per heavy atom. The smallest absolute Gasteiger partial charge is 0.304 e. The predicted octanol–water partition coefficient (Wildman–Crippen LogP) is 7.40. The maximum Gasteiger partial charge on any atom is 0.304 e. The third kappa shape index (κ3) is 7.61. The molecule has 38 heavy (non-hydrogen) atoms. The van der Waals surface area contributed by atoms with E-state index < -0.39 is 11.6 Å². The Morgan fingerprint density at radius 2 is 1.82 bits per heavy atom. The number of aromatic nitrogens is 1. The summed E-state index contributed by atoms with van der Waals surface area (Å²) in [6, 6.07) is 25.6. The average Bonchev–Trinajstić information content (AvgIpc) is 2.88. The van der Waals surface area contributed by atoms with Gasteiger partial charge >= 0.3 is 5.97 Å². The van der Waals surface area contributed by atoms with Crippen LogP contribution in [-0.4, -0.2) is 26.9 Å². The number of carbonyl (C=O) groups is 1. The predicted molar refractivity (Wildman–Crippen MR) is 157 cm³/mol. The Morgan fingerprint density at radius 3 is 2.61 bits per heavy atom. The molecule has 3 aromatic carbocycles. The summed E-state index contributed by atoms with van der Waals surface area (Å²) in [5.74, 6) is 6.11. The number of hydrogen-bond donors (Lipinski definition) is 2. The van der Waals surface area contributed by atoms with E-state index in [4.69, 9.17) is 16.7 Å². The molecule has 1 atom stereocenters. The van der Waals surface area contributed by atoms with Crippen LogP contribution in [0.2, 0.25) is 5.02 Å². The van der Waals surface area contributed by atoms with Crippen molar-refractivity contribution in [1.29, 1.82) is 0 Å². The van der Waals surface area contributed by atoms with Gasteiger partial charge < -0.3 is 10.2 Å². The van der Waals surface area contributed by atoms with E-state index in [0.29, 0.717) is 16.5 Å². The summed E-state index contributed by atoms with van der Waals surface area (Å²) in [6.07, 6.45) is 1.68. The molecule has 0 saturated heterocycles. The van der Waals surface area contributed by atoms with Crippen LogP contribution in [0.1, 0.15) is 59.9 Å². The number of thioether (sulfide) groups is 1. The molecule has 0 radical (unpaired) electrons. The molecule has 2 N–H and O–H groups in total. The highest BCUT2D eigenvalue weighted by Crippen LogP contribution is 2.35. The van der Waals surface area contributed by atoms with Gasteiger partial charge in [0.25, 0.3) is 0 Å². The Hall–Kier alpha value is -3.30. The number of carboxylic acids is 1. The highest BCUT2D eigenvalue weighted by atomic mass is 35.5. The molecule has 4 nitrogen and oxygen atoms in total. The van der Waals surface area contributed by atoms with Crippen molar-refractivity contribution in [2.75, 3.05) is 5.75 Å². The fourth-order valence-electron chi connectivity index (χ4n) is 4.37. The zero-order valence-electron chi connectivity index (χ0n) is 21.4. The first kappa shape index (κ1) is 27.7. The maximum atomic E-state index is 11.2. The summed E-state index contributed by atoms with van der Waals surface area (Å²) in [7, 11) is 0. The fraction of sp³-hybridized carbons (Fsp3) is 0.250. The summed E-state index contributed by atoms with van der Waals surface area (Å²) >= 11 is 7.76. The molecule has 0 aliphatic carbocycles. The summed E-state index contributed by atoms with van der Waals surface area (Å²) in [5.41, 5.74) is 4.53. The minimum Gasteiger partial charge on any atom is -0.481 e. The molecular formula is C32H30ClNO3S. The molecule has 0 amide bonds. The van der Waals surface area contributed by atoms with Crippen LogP contribution < -0.4 is 0 Å². The monoisotopic (exact) mass is 543 g/mol. The molecule has 0 saturated carbocycles. The van der Waals surface area contributed by atoms with Crippen LogP contribution >= 0.6 is 23.4 Å². The Labute approximate surface area is 233 Å². The van der Waals surface area contributed by atoms with Gasteiger partial charge in [-0.05, 0) is 79.6 Å². The number of aliphatic carboxylic acids is 1. The number of nitrogens with zero attached hydrogens (tertiary/aromatic N) is 1. The summed E-state index contributed by atoms with van der Waals surface area (Å²) in [6.45, 7) is 3.60. The lowest BCUT2D eigenvalue weighted by Gasteiger charge is -2.23. The Bertz CT molecular complexity index is 1500. The zero-order valence-corrected chi connectivity index (χ0v) is 23.0. The van der Waals surface area contributed by atoms with E-state index in [1.54, 1.807) is 25.6 Å². The minimum atomic E-state index is -0.930. The lowest BCUT2D eigenvalue weighted by Crippen LogP contribution is -2.18. The number of rotatable bonds is 9. The molecule has 0 aliphatic rings. The number of halogens is 1. The van der Waals surface area contributed by atoms with Gasteiger partial charge in [0.1, 0.15) is 5.69 Å². The number of fused-ring (bicyclic) bond motifs is 1. The highest BCUT2D eigenvalue weighted by Gasteiger charge is 2.21. The highest BCUT2D eigenvalue weighted by molar-refractivity contribution is 7.99. The van der Waals surface area contributed by atoms with E-state index in [1.807, 2.05) is 60.7 Å². The molecule has 4 rings (SSSR count). The SMILES string of the molecule is CC(C)(O)c1ccccc1CCC(SCCC(=O)O)c1cccc(C#Cc2ccc3ccc(Cl)cc3n2)c1. The minimum absolute atomic E-state index is 0.0897. The van der Waals surface area contributed by atoms with E-state index in [9.17, 15) is 9.90 Å². The summed E-state index contributed by atoms with van der Waals surface area (Å²) in [4.78, 5) is 15.8. The quantitative estimate of drug-likeness (QED) is 0.215. The van der Waals surface area contributed by atoms with Crippen LogP contribution in [0.25, 0.3) is 10.9 Å². The molecular weight excluding hydrogens is 514 g/mol. The van der Waals surface area contributed by atoms with Gasteiger partial charge in [0.05, 0.1) is 17.5 Å². The number of hydrogen-bond acceptors (Lipinski definition) is 4. The van der Waals surface area contributed by atoms with Crippen molar-refractivity contribution in [3.8, 4) is 11.8 Å². The van der Waals surface area contributed by atoms with Crippen molar-refractivity contribution >= 4 is 40.2 Å². The number of carboxylic acid groups (broad SMARTS) is 1. The standard InChI is InChI=1S/C32H30ClNO3S/c1-32(2,37)28-9-4-3-7-23(28)13-17-30(38-19-18-31(35)36)25-8-5-6-22(20-25)10-15-27-16-12-24-11-14-26(33)21-29(24)34-27/h3-9,11-12,14,16,20-21,30,37H,13,17-19H2,1-2H3,(H,35,36). The zero-order chi connectivity index (χ0) is 27.1. The second-order valence-electron chi connectivity index (χ2n) is 9.67. The van der Waals surface area contributed by atoms with Gasteiger partial charge in [0.15, 0.2) is 0 Å². The molecule has 194 valence electrons. The third-order valence-corrected chi connectivity index (χ3v) is 7.82. The van der Waals surface area contributed by atoms with Crippen LogP contribution in [0, 0.1) is 11.8 Å². The second kappa shape index (κ2) is 12.5. The van der Waals surface area contributed by atoms with Gasteiger partial charge in [0.2, 0.25) is 0 Å². The molecule has 1 unspecified atom stereocenters. The van der Waals surface area contributed by atoms with E-state index in [-0.39, 0.29) is 11.7 Å². The van der Waals surface area contributed by atoms with Gasteiger partial charge in [-0.15, -0.1) is 0 Å². The number of aliphatic hydroxyl groups is 1. The van der Waals surface area contributed by atoms with E-state index in [0.717, 1.165) is 46.0 Å². The van der Waals surface area contributed by atoms with Gasteiger partial charge in [-0.3, -0.25) is 4.79 Å². The van der Waals surface area contributed by atoms with Gasteiger partial charge in [0, 0.05) is 27.0 Å². The van der Waals surface area contributed by atoms with Crippen molar-refractivity contribution in [1.82, 2.24) is 4.98 Å². The van der Waals surface area contributed by atoms with Crippen LogP contribution in [0.5, 0.6) is 0 Å². The van der Waals surface area contributed by atoms with Gasteiger partial charge in [-0.1, -0.05) is 66.1 Å². The lowest BCUT2D eigenvalue weighted by atomic mass is 9.90. The van der Waals surface area contributed by atoms with Crippen LogP contribution in [-0.2, 0) is 16.8 Å². The van der Waals surface area contributed by atoms with Gasteiger partial charge in [-0.2, -0.15) is 11.8 Å². The number of aryl methyl sites for hydroxylation is 1.